The highest BCUT2D eigenvalue weighted by Crippen LogP contribution is 2.30. The molecule has 2 aliphatic rings. The van der Waals surface area contributed by atoms with Gasteiger partial charge in [-0.05, 0) is 26.3 Å². The lowest BCUT2D eigenvalue weighted by atomic mass is 9.90. The molecule has 3 unspecified atom stereocenters. The summed E-state index contributed by atoms with van der Waals surface area (Å²) in [5, 5.41) is 10.2. The predicted octanol–water partition coefficient (Wildman–Crippen LogP) is 1.27. The lowest BCUT2D eigenvalue weighted by Crippen LogP contribution is -2.62. The topological polar surface area (TPSA) is 26.7 Å². The molecule has 1 N–H and O–H groups in total. The van der Waals surface area contributed by atoms with Gasteiger partial charge in [0.15, 0.2) is 0 Å². The molecule has 0 amide bonds. The molecule has 0 spiro atoms. The summed E-state index contributed by atoms with van der Waals surface area (Å²) < 4.78 is 0. The minimum absolute atomic E-state index is 0.195. The lowest BCUT2D eigenvalue weighted by Gasteiger charge is -2.51. The number of piperazine rings is 1. The highest BCUT2D eigenvalue weighted by atomic mass is 16.3. The van der Waals surface area contributed by atoms with Gasteiger partial charge in [0.1, 0.15) is 6.23 Å². The van der Waals surface area contributed by atoms with Crippen LogP contribution in [0.1, 0.15) is 39.0 Å². The monoisotopic (exact) mass is 212 g/mol. The number of rotatable bonds is 3. The Hall–Kier alpha value is -0.120. The fourth-order valence-corrected chi connectivity index (χ4v) is 3.24. The minimum atomic E-state index is -0.195. The van der Waals surface area contributed by atoms with Crippen LogP contribution >= 0.6 is 0 Å². The molecule has 2 heterocycles. The van der Waals surface area contributed by atoms with Crippen molar-refractivity contribution in [1.29, 1.82) is 0 Å². The Labute approximate surface area is 93.1 Å². The number of likely N-dealkylation sites (tertiary alicyclic amines) is 1. The van der Waals surface area contributed by atoms with Crippen molar-refractivity contribution in [3.8, 4) is 0 Å². The Balaban J connectivity index is 2.03. The predicted molar refractivity (Wildman–Crippen MR) is 61.7 cm³/mol. The van der Waals surface area contributed by atoms with E-state index in [4.69, 9.17) is 0 Å². The zero-order valence-electron chi connectivity index (χ0n) is 10.0. The maximum Gasteiger partial charge on any atom is 0.107 e. The standard InChI is InChI=1S/C12H24N2O/c1-3-5-12(15)14-10-6-4-7-11(14)9-13(2)8-10/h10-12,15H,3-9H2,1-2H3. The molecular formula is C12H24N2O. The van der Waals surface area contributed by atoms with Crippen LogP contribution < -0.4 is 0 Å². The van der Waals surface area contributed by atoms with Crippen LogP contribution in [0, 0.1) is 0 Å². The van der Waals surface area contributed by atoms with Gasteiger partial charge in [-0.15, -0.1) is 0 Å². The fraction of sp³-hybridized carbons (Fsp3) is 1.00. The summed E-state index contributed by atoms with van der Waals surface area (Å²) in [6.07, 6.45) is 5.68. The summed E-state index contributed by atoms with van der Waals surface area (Å²) in [4.78, 5) is 4.82. The average Bonchev–Trinajstić information content (AvgIpc) is 2.16. The van der Waals surface area contributed by atoms with Gasteiger partial charge < -0.3 is 10.0 Å². The van der Waals surface area contributed by atoms with E-state index in [1.165, 1.54) is 19.3 Å². The van der Waals surface area contributed by atoms with Crippen molar-refractivity contribution in [3.63, 3.8) is 0 Å². The van der Waals surface area contributed by atoms with Crippen molar-refractivity contribution >= 4 is 0 Å². The molecule has 3 heteroatoms. The normalized spacial score (nSPS) is 35.4. The number of hydrogen-bond acceptors (Lipinski definition) is 3. The van der Waals surface area contributed by atoms with E-state index >= 15 is 0 Å². The maximum atomic E-state index is 10.2. The smallest absolute Gasteiger partial charge is 0.107 e. The van der Waals surface area contributed by atoms with Crippen LogP contribution in [0.3, 0.4) is 0 Å². The number of aliphatic hydroxyl groups is 1. The molecule has 2 rings (SSSR count). The van der Waals surface area contributed by atoms with E-state index in [1.54, 1.807) is 0 Å². The van der Waals surface area contributed by atoms with Crippen LogP contribution in [-0.4, -0.2) is 53.4 Å². The van der Waals surface area contributed by atoms with Crippen molar-refractivity contribution in [2.75, 3.05) is 20.1 Å². The molecule has 2 saturated heterocycles. The largest absolute Gasteiger partial charge is 0.378 e. The molecule has 0 aromatic carbocycles. The van der Waals surface area contributed by atoms with E-state index in [9.17, 15) is 5.11 Å². The van der Waals surface area contributed by atoms with Gasteiger partial charge in [-0.3, -0.25) is 4.90 Å². The molecule has 0 radical (unpaired) electrons. The molecule has 2 aliphatic heterocycles. The minimum Gasteiger partial charge on any atom is -0.378 e. The SMILES string of the molecule is CCCC(O)N1C2CCCC1CN(C)C2. The van der Waals surface area contributed by atoms with Gasteiger partial charge in [-0.2, -0.15) is 0 Å². The summed E-state index contributed by atoms with van der Waals surface area (Å²) in [5.74, 6) is 0. The van der Waals surface area contributed by atoms with E-state index in [2.05, 4.69) is 23.8 Å². The van der Waals surface area contributed by atoms with Gasteiger partial charge in [0, 0.05) is 25.2 Å². The van der Waals surface area contributed by atoms with Gasteiger partial charge in [-0.25, -0.2) is 0 Å². The highest BCUT2D eigenvalue weighted by molar-refractivity contribution is 4.93. The average molecular weight is 212 g/mol. The lowest BCUT2D eigenvalue weighted by molar-refractivity contribution is -0.110. The zero-order chi connectivity index (χ0) is 10.8. The molecule has 3 atom stereocenters. The number of piperidine rings is 1. The first-order valence-electron chi connectivity index (χ1n) is 6.36. The Morgan fingerprint density at radius 2 is 1.87 bits per heavy atom. The first-order chi connectivity index (χ1) is 7.22. The van der Waals surface area contributed by atoms with Gasteiger partial charge >= 0.3 is 0 Å². The first-order valence-corrected chi connectivity index (χ1v) is 6.36. The molecule has 3 nitrogen and oxygen atoms in total. The molecule has 15 heavy (non-hydrogen) atoms. The third-order valence-corrected chi connectivity index (χ3v) is 3.85. The van der Waals surface area contributed by atoms with Crippen LogP contribution in [0.2, 0.25) is 0 Å². The Bertz CT molecular complexity index is 196. The fourth-order valence-electron chi connectivity index (χ4n) is 3.24. The van der Waals surface area contributed by atoms with Gasteiger partial charge in [0.2, 0.25) is 0 Å². The molecule has 0 aromatic heterocycles. The first kappa shape index (κ1) is 11.4. The summed E-state index contributed by atoms with van der Waals surface area (Å²) in [6, 6.07) is 1.20. The van der Waals surface area contributed by atoms with E-state index in [1.807, 2.05) is 0 Å². The van der Waals surface area contributed by atoms with Crippen molar-refractivity contribution < 1.29 is 5.11 Å². The number of fused-ring (bicyclic) bond motifs is 2. The molecule has 2 fully saturated rings. The number of aliphatic hydroxyl groups excluding tert-OH is 1. The van der Waals surface area contributed by atoms with Crippen LogP contribution in [-0.2, 0) is 0 Å². The zero-order valence-corrected chi connectivity index (χ0v) is 10.0. The van der Waals surface area contributed by atoms with Crippen molar-refractivity contribution in [2.24, 2.45) is 0 Å². The molecule has 0 aromatic rings. The second kappa shape index (κ2) is 4.81. The van der Waals surface area contributed by atoms with E-state index in [0.717, 1.165) is 25.9 Å². The number of likely N-dealkylation sites (N-methyl/N-ethyl adjacent to an activating group) is 1. The highest BCUT2D eigenvalue weighted by Gasteiger charge is 2.38. The summed E-state index contributed by atoms with van der Waals surface area (Å²) in [6.45, 7) is 4.42. The summed E-state index contributed by atoms with van der Waals surface area (Å²) >= 11 is 0. The van der Waals surface area contributed by atoms with E-state index in [0.29, 0.717) is 12.1 Å². The van der Waals surface area contributed by atoms with Crippen LogP contribution in [0.25, 0.3) is 0 Å². The number of hydrogen-bond donors (Lipinski definition) is 1. The third-order valence-electron chi connectivity index (χ3n) is 3.85. The van der Waals surface area contributed by atoms with Crippen molar-refractivity contribution in [2.45, 2.75) is 57.3 Å². The van der Waals surface area contributed by atoms with E-state index < -0.39 is 0 Å². The third kappa shape index (κ3) is 2.35. The van der Waals surface area contributed by atoms with Crippen LogP contribution in [0.5, 0.6) is 0 Å². The van der Waals surface area contributed by atoms with Crippen LogP contribution in [0.15, 0.2) is 0 Å². The van der Waals surface area contributed by atoms with Gasteiger partial charge in [0.05, 0.1) is 0 Å². The van der Waals surface area contributed by atoms with Gasteiger partial charge in [-0.1, -0.05) is 19.8 Å². The van der Waals surface area contributed by atoms with Crippen LogP contribution in [0.4, 0.5) is 0 Å². The molecular weight excluding hydrogens is 188 g/mol. The molecule has 0 aliphatic carbocycles. The summed E-state index contributed by atoms with van der Waals surface area (Å²) in [5.41, 5.74) is 0. The number of nitrogens with zero attached hydrogens (tertiary/aromatic N) is 2. The molecule has 2 bridgehead atoms. The quantitative estimate of drug-likeness (QED) is 0.763. The van der Waals surface area contributed by atoms with Gasteiger partial charge in [0.25, 0.3) is 0 Å². The second-order valence-electron chi connectivity index (χ2n) is 5.18. The van der Waals surface area contributed by atoms with E-state index in [-0.39, 0.29) is 6.23 Å². The van der Waals surface area contributed by atoms with Crippen molar-refractivity contribution in [1.82, 2.24) is 9.80 Å². The maximum absolute atomic E-state index is 10.2. The Morgan fingerprint density at radius 3 is 2.40 bits per heavy atom. The second-order valence-corrected chi connectivity index (χ2v) is 5.18. The Morgan fingerprint density at radius 1 is 1.27 bits per heavy atom. The molecule has 0 saturated carbocycles. The Kier molecular flexibility index (Phi) is 3.65. The van der Waals surface area contributed by atoms with Crippen molar-refractivity contribution in [3.05, 3.63) is 0 Å². The molecule has 88 valence electrons. The summed E-state index contributed by atoms with van der Waals surface area (Å²) in [7, 11) is 2.20.